The van der Waals surface area contributed by atoms with Crippen LogP contribution < -0.4 is 0 Å². The molecule has 0 fully saturated rings. The number of aldehydes is 1. The van der Waals surface area contributed by atoms with Gasteiger partial charge in [-0.1, -0.05) is 0 Å². The van der Waals surface area contributed by atoms with E-state index < -0.39 is 0 Å². The van der Waals surface area contributed by atoms with Gasteiger partial charge in [-0.3, -0.25) is 14.5 Å². The molecule has 0 unspecified atom stereocenters. The van der Waals surface area contributed by atoms with Crippen LogP contribution in [0, 0.1) is 19.7 Å². The van der Waals surface area contributed by atoms with E-state index in [9.17, 15) is 9.18 Å². The number of rotatable bonds is 2. The Morgan fingerprint density at radius 2 is 1.95 bits per heavy atom. The number of aromatic nitrogens is 3. The van der Waals surface area contributed by atoms with E-state index in [0.29, 0.717) is 17.0 Å². The Morgan fingerprint density at radius 1 is 1.30 bits per heavy atom. The molecule has 0 bridgehead atoms. The van der Waals surface area contributed by atoms with Crippen LogP contribution in [0.3, 0.4) is 0 Å². The number of hydrogen-bond acceptors (Lipinski definition) is 3. The van der Waals surface area contributed by atoms with Crippen molar-refractivity contribution < 1.29 is 9.18 Å². The number of halogens is 1. The van der Waals surface area contributed by atoms with Crippen LogP contribution in [0.15, 0.2) is 12.3 Å². The topological polar surface area (TPSA) is 47.8 Å². The van der Waals surface area contributed by atoms with Crippen molar-refractivity contribution in [2.75, 3.05) is 0 Å². The molecule has 2 rings (SSSR count). The molecule has 0 radical (unpaired) electrons. The number of pyridine rings is 1. The third-order valence-corrected chi connectivity index (χ3v) is 3.20. The summed E-state index contributed by atoms with van der Waals surface area (Å²) >= 11 is 0. The van der Waals surface area contributed by atoms with Crippen LogP contribution in [0.5, 0.6) is 0 Å². The van der Waals surface area contributed by atoms with Gasteiger partial charge in [0, 0.05) is 17.3 Å². The highest BCUT2D eigenvalue weighted by atomic mass is 19.1. The molecule has 4 nitrogen and oxygen atoms in total. The van der Waals surface area contributed by atoms with Gasteiger partial charge in [-0.05, 0) is 40.7 Å². The minimum absolute atomic E-state index is 0.317. The number of carbonyl (C=O) groups excluding carboxylic acids is 1. The maximum absolute atomic E-state index is 13.8. The summed E-state index contributed by atoms with van der Waals surface area (Å²) in [6.07, 6.45) is 2.33. The van der Waals surface area contributed by atoms with E-state index in [0.717, 1.165) is 17.5 Å². The standard InChI is InChI=1S/C15H18FN3O/c1-9-13(8-20)18-19(15(3,4)5)14(9)11-6-12(16)10(2)17-7-11/h6-8H,1-5H3. The Kier molecular flexibility index (Phi) is 3.46. The van der Waals surface area contributed by atoms with Gasteiger partial charge in [-0.15, -0.1) is 0 Å². The van der Waals surface area contributed by atoms with Crippen LogP contribution in [0.4, 0.5) is 4.39 Å². The SMILES string of the molecule is Cc1ncc(-c2c(C)c(C=O)nn2C(C)(C)C)cc1F. The van der Waals surface area contributed by atoms with Crippen molar-refractivity contribution >= 4 is 6.29 Å². The van der Waals surface area contributed by atoms with Crippen molar-refractivity contribution in [1.82, 2.24) is 14.8 Å². The molecule has 5 heteroatoms. The summed E-state index contributed by atoms with van der Waals surface area (Å²) in [4.78, 5) is 15.2. The van der Waals surface area contributed by atoms with Crippen LogP contribution in [0.2, 0.25) is 0 Å². The van der Waals surface area contributed by atoms with Gasteiger partial charge in [0.1, 0.15) is 11.5 Å². The largest absolute Gasteiger partial charge is 0.296 e. The molecule has 2 heterocycles. The van der Waals surface area contributed by atoms with E-state index in [4.69, 9.17) is 0 Å². The van der Waals surface area contributed by atoms with E-state index in [1.807, 2.05) is 27.7 Å². The summed E-state index contributed by atoms with van der Waals surface area (Å²) in [5.41, 5.74) is 2.50. The molecule has 20 heavy (non-hydrogen) atoms. The number of hydrogen-bond donors (Lipinski definition) is 0. The molecule has 0 saturated heterocycles. The van der Waals surface area contributed by atoms with Gasteiger partial charge in [0.25, 0.3) is 0 Å². The lowest BCUT2D eigenvalue weighted by Gasteiger charge is -2.22. The Morgan fingerprint density at radius 3 is 2.45 bits per heavy atom. The second-order valence-electron chi connectivity index (χ2n) is 5.85. The summed E-state index contributed by atoms with van der Waals surface area (Å²) < 4.78 is 15.5. The van der Waals surface area contributed by atoms with Gasteiger partial charge in [0.2, 0.25) is 0 Å². The molecule has 0 aliphatic rings. The molecule has 0 aliphatic heterocycles. The molecule has 0 atom stereocenters. The third-order valence-electron chi connectivity index (χ3n) is 3.20. The maximum atomic E-state index is 13.8. The van der Waals surface area contributed by atoms with E-state index in [1.165, 1.54) is 6.07 Å². The molecule has 0 amide bonds. The second-order valence-corrected chi connectivity index (χ2v) is 5.85. The fraction of sp³-hybridized carbons (Fsp3) is 0.400. The Balaban J connectivity index is 2.74. The average molecular weight is 275 g/mol. The average Bonchev–Trinajstić information content (AvgIpc) is 2.70. The van der Waals surface area contributed by atoms with Crippen molar-refractivity contribution in [2.45, 2.75) is 40.2 Å². The maximum Gasteiger partial charge on any atom is 0.170 e. The highest BCUT2D eigenvalue weighted by Crippen LogP contribution is 2.30. The summed E-state index contributed by atoms with van der Waals surface area (Å²) in [5, 5.41) is 4.33. The quantitative estimate of drug-likeness (QED) is 0.790. The van der Waals surface area contributed by atoms with Crippen LogP contribution in [-0.4, -0.2) is 21.1 Å². The number of carbonyl (C=O) groups is 1. The first kappa shape index (κ1) is 14.4. The zero-order chi connectivity index (χ0) is 15.1. The molecule has 0 spiro atoms. The van der Waals surface area contributed by atoms with E-state index >= 15 is 0 Å². The molecular weight excluding hydrogens is 257 g/mol. The van der Waals surface area contributed by atoms with Gasteiger partial charge in [0.15, 0.2) is 6.29 Å². The van der Waals surface area contributed by atoms with E-state index in [-0.39, 0.29) is 11.4 Å². The first-order valence-corrected chi connectivity index (χ1v) is 6.43. The molecule has 2 aromatic rings. The zero-order valence-electron chi connectivity index (χ0n) is 12.4. The summed E-state index contributed by atoms with van der Waals surface area (Å²) in [6.45, 7) is 9.37. The van der Waals surface area contributed by atoms with Crippen molar-refractivity contribution in [3.05, 3.63) is 35.0 Å². The Hall–Kier alpha value is -2.04. The minimum Gasteiger partial charge on any atom is -0.296 e. The van der Waals surface area contributed by atoms with E-state index in [2.05, 4.69) is 10.1 Å². The highest BCUT2D eigenvalue weighted by Gasteiger charge is 2.24. The molecule has 0 aliphatic carbocycles. The van der Waals surface area contributed by atoms with Crippen molar-refractivity contribution in [3.63, 3.8) is 0 Å². The van der Waals surface area contributed by atoms with Crippen molar-refractivity contribution in [1.29, 1.82) is 0 Å². The predicted octanol–water partition coefficient (Wildman–Crippen LogP) is 3.27. The zero-order valence-corrected chi connectivity index (χ0v) is 12.4. The van der Waals surface area contributed by atoms with Crippen molar-refractivity contribution in [3.8, 4) is 11.3 Å². The van der Waals surface area contributed by atoms with Gasteiger partial charge in [-0.2, -0.15) is 5.10 Å². The molecular formula is C15H18FN3O. The van der Waals surface area contributed by atoms with Crippen molar-refractivity contribution in [2.24, 2.45) is 0 Å². The van der Waals surface area contributed by atoms with Gasteiger partial charge in [-0.25, -0.2) is 4.39 Å². The molecule has 106 valence electrons. The van der Waals surface area contributed by atoms with Gasteiger partial charge < -0.3 is 0 Å². The van der Waals surface area contributed by atoms with Crippen LogP contribution in [0.1, 0.15) is 42.5 Å². The van der Waals surface area contributed by atoms with Crippen LogP contribution >= 0.6 is 0 Å². The normalized spacial score (nSPS) is 11.7. The lowest BCUT2D eigenvalue weighted by atomic mass is 10.0. The fourth-order valence-corrected chi connectivity index (χ4v) is 2.08. The lowest BCUT2D eigenvalue weighted by molar-refractivity contribution is 0.111. The van der Waals surface area contributed by atoms with Gasteiger partial charge in [0.05, 0.1) is 16.9 Å². The first-order chi connectivity index (χ1) is 9.25. The molecule has 0 aromatic carbocycles. The Bertz CT molecular complexity index is 668. The number of aryl methyl sites for hydroxylation is 1. The molecule has 0 saturated carbocycles. The monoisotopic (exact) mass is 275 g/mol. The van der Waals surface area contributed by atoms with Crippen LogP contribution in [-0.2, 0) is 5.54 Å². The Labute approximate surface area is 117 Å². The third kappa shape index (κ3) is 2.35. The first-order valence-electron chi connectivity index (χ1n) is 6.43. The molecule has 0 N–H and O–H groups in total. The van der Waals surface area contributed by atoms with Crippen LogP contribution in [0.25, 0.3) is 11.3 Å². The van der Waals surface area contributed by atoms with E-state index in [1.54, 1.807) is 17.8 Å². The number of nitrogens with zero attached hydrogens (tertiary/aromatic N) is 3. The summed E-state index contributed by atoms with van der Waals surface area (Å²) in [5.74, 6) is -0.365. The second kappa shape index (κ2) is 4.81. The predicted molar refractivity (Wildman–Crippen MR) is 75.3 cm³/mol. The summed E-state index contributed by atoms with van der Waals surface area (Å²) in [6, 6.07) is 1.43. The van der Waals surface area contributed by atoms with Gasteiger partial charge >= 0.3 is 0 Å². The smallest absolute Gasteiger partial charge is 0.170 e. The minimum atomic E-state index is -0.365. The fourth-order valence-electron chi connectivity index (χ4n) is 2.08. The lowest BCUT2D eigenvalue weighted by Crippen LogP contribution is -2.24. The highest BCUT2D eigenvalue weighted by molar-refractivity contribution is 5.79. The molecule has 2 aromatic heterocycles. The summed E-state index contributed by atoms with van der Waals surface area (Å²) in [7, 11) is 0.